The summed E-state index contributed by atoms with van der Waals surface area (Å²) in [4.78, 5) is 0. The maximum Gasteiger partial charge on any atom is 1.00 e. The van der Waals surface area contributed by atoms with Gasteiger partial charge in [0.1, 0.15) is 0 Å². The summed E-state index contributed by atoms with van der Waals surface area (Å²) in [5.74, 6) is 0.593. The predicted molar refractivity (Wildman–Crippen MR) is 38.6 cm³/mol. The summed E-state index contributed by atoms with van der Waals surface area (Å²) in [5.41, 5.74) is 0.459. The molecule has 0 saturated heterocycles. The standard InChI is InChI=1S/C8H17.Na/c1-7(2)6-8(3,4)5;/h7H,1,6H2,2-5H3;/q-1;+1. The minimum atomic E-state index is 0. The molecule has 1 atom stereocenters. The third-order valence-corrected chi connectivity index (χ3v) is 0.961. The van der Waals surface area contributed by atoms with Gasteiger partial charge >= 0.3 is 29.6 Å². The van der Waals surface area contributed by atoms with Crippen LogP contribution in [-0.2, 0) is 0 Å². The van der Waals surface area contributed by atoms with Crippen LogP contribution in [0, 0.1) is 18.3 Å². The molecule has 0 aromatic rings. The van der Waals surface area contributed by atoms with Gasteiger partial charge in [-0.15, -0.1) is 0 Å². The zero-order valence-electron chi connectivity index (χ0n) is 7.49. The smallest absolute Gasteiger partial charge is 0.341 e. The molecule has 0 radical (unpaired) electrons. The molecule has 0 rings (SSSR count). The van der Waals surface area contributed by atoms with Gasteiger partial charge in [-0.25, -0.2) is 0 Å². The van der Waals surface area contributed by atoms with Crippen molar-refractivity contribution in [2.75, 3.05) is 0 Å². The summed E-state index contributed by atoms with van der Waals surface area (Å²) in [7, 11) is 0. The Kier molecular flexibility index (Phi) is 6.69. The Labute approximate surface area is 81.7 Å². The second-order valence-electron chi connectivity index (χ2n) is 3.87. The molecule has 50 valence electrons. The van der Waals surface area contributed by atoms with E-state index in [1.165, 1.54) is 6.42 Å². The molecule has 1 unspecified atom stereocenters. The Balaban J connectivity index is 0. The van der Waals surface area contributed by atoms with Gasteiger partial charge < -0.3 is 6.92 Å². The minimum Gasteiger partial charge on any atom is -0.341 e. The molecule has 0 aromatic carbocycles. The van der Waals surface area contributed by atoms with Gasteiger partial charge in [-0.05, 0) is 5.41 Å². The molecule has 0 aromatic heterocycles. The van der Waals surface area contributed by atoms with E-state index in [4.69, 9.17) is 0 Å². The Morgan fingerprint density at radius 3 is 1.67 bits per heavy atom. The molecule has 0 amide bonds. The molecular formula is C8H17Na. The van der Waals surface area contributed by atoms with Crippen LogP contribution in [0.1, 0.15) is 34.1 Å². The average Bonchev–Trinajstić information content (AvgIpc) is 1.21. The first-order chi connectivity index (χ1) is 3.42. The van der Waals surface area contributed by atoms with Gasteiger partial charge in [0.25, 0.3) is 0 Å². The molecule has 0 nitrogen and oxygen atoms in total. The Morgan fingerprint density at radius 1 is 1.33 bits per heavy atom. The van der Waals surface area contributed by atoms with Crippen molar-refractivity contribution < 1.29 is 29.6 Å². The van der Waals surface area contributed by atoms with Crippen LogP contribution >= 0.6 is 0 Å². The Morgan fingerprint density at radius 2 is 1.67 bits per heavy atom. The summed E-state index contributed by atoms with van der Waals surface area (Å²) in [6, 6.07) is 0. The van der Waals surface area contributed by atoms with Gasteiger partial charge in [-0.1, -0.05) is 34.1 Å². The second kappa shape index (κ2) is 4.76. The third kappa shape index (κ3) is 12.2. The first-order valence-electron chi connectivity index (χ1n) is 3.25. The van der Waals surface area contributed by atoms with Gasteiger partial charge in [-0.2, -0.15) is 5.92 Å². The zero-order valence-corrected chi connectivity index (χ0v) is 9.49. The van der Waals surface area contributed by atoms with E-state index in [1.54, 1.807) is 0 Å². The number of hydrogen-bond donors (Lipinski definition) is 0. The minimum absolute atomic E-state index is 0. The molecule has 0 aliphatic rings. The molecule has 0 bridgehead atoms. The zero-order chi connectivity index (χ0) is 6.78. The summed E-state index contributed by atoms with van der Waals surface area (Å²) in [6.07, 6.45) is 1.22. The molecule has 0 saturated carbocycles. The van der Waals surface area contributed by atoms with Crippen molar-refractivity contribution in [3.63, 3.8) is 0 Å². The fourth-order valence-corrected chi connectivity index (χ4v) is 1.05. The fraction of sp³-hybridized carbons (Fsp3) is 0.875. The van der Waals surface area contributed by atoms with E-state index in [1.807, 2.05) is 0 Å². The van der Waals surface area contributed by atoms with Crippen molar-refractivity contribution in [1.29, 1.82) is 0 Å². The Hall–Kier alpha value is 1.00. The number of hydrogen-bond acceptors (Lipinski definition) is 0. The largest absolute Gasteiger partial charge is 1.00 e. The van der Waals surface area contributed by atoms with Gasteiger partial charge in [0.2, 0.25) is 0 Å². The molecule has 0 spiro atoms. The van der Waals surface area contributed by atoms with Crippen molar-refractivity contribution in [3.05, 3.63) is 6.92 Å². The van der Waals surface area contributed by atoms with E-state index in [0.29, 0.717) is 11.3 Å². The van der Waals surface area contributed by atoms with E-state index >= 15 is 0 Å². The number of rotatable bonds is 1. The SMILES string of the molecule is [CH2-]C(C)CC(C)(C)C.[Na+]. The fourth-order valence-electron chi connectivity index (χ4n) is 1.05. The van der Waals surface area contributed by atoms with Crippen LogP contribution in [-0.4, -0.2) is 0 Å². The van der Waals surface area contributed by atoms with Gasteiger partial charge in [0.05, 0.1) is 0 Å². The van der Waals surface area contributed by atoms with Gasteiger partial charge in [-0.3, -0.25) is 0 Å². The molecule has 0 N–H and O–H groups in total. The normalized spacial score (nSPS) is 14.3. The quantitative estimate of drug-likeness (QED) is 0.349. The molecule has 0 aliphatic heterocycles. The van der Waals surface area contributed by atoms with Crippen molar-refractivity contribution in [2.45, 2.75) is 34.1 Å². The van der Waals surface area contributed by atoms with Crippen molar-refractivity contribution >= 4 is 0 Å². The first kappa shape index (κ1) is 12.7. The van der Waals surface area contributed by atoms with Crippen molar-refractivity contribution in [3.8, 4) is 0 Å². The molecule has 9 heavy (non-hydrogen) atoms. The van der Waals surface area contributed by atoms with E-state index in [-0.39, 0.29) is 29.6 Å². The summed E-state index contributed by atoms with van der Waals surface area (Å²) in [5, 5.41) is 0. The van der Waals surface area contributed by atoms with Crippen molar-refractivity contribution in [2.24, 2.45) is 11.3 Å². The molecular weight excluding hydrogens is 119 g/mol. The van der Waals surface area contributed by atoms with Crippen LogP contribution in [0.5, 0.6) is 0 Å². The third-order valence-electron chi connectivity index (χ3n) is 0.961. The molecule has 1 heteroatoms. The maximum atomic E-state index is 3.92. The van der Waals surface area contributed by atoms with Gasteiger partial charge in [0.15, 0.2) is 0 Å². The van der Waals surface area contributed by atoms with Crippen LogP contribution in [0.25, 0.3) is 0 Å². The summed E-state index contributed by atoms with van der Waals surface area (Å²) >= 11 is 0. The maximum absolute atomic E-state index is 3.92. The first-order valence-corrected chi connectivity index (χ1v) is 3.25. The van der Waals surface area contributed by atoms with E-state index in [9.17, 15) is 0 Å². The van der Waals surface area contributed by atoms with Crippen LogP contribution in [0.4, 0.5) is 0 Å². The summed E-state index contributed by atoms with van der Waals surface area (Å²) in [6.45, 7) is 12.8. The summed E-state index contributed by atoms with van der Waals surface area (Å²) < 4.78 is 0. The molecule has 0 heterocycles. The van der Waals surface area contributed by atoms with E-state index in [2.05, 4.69) is 34.6 Å². The Bertz CT molecular complexity index is 59.5. The molecule has 0 aliphatic carbocycles. The van der Waals surface area contributed by atoms with Gasteiger partial charge in [0, 0.05) is 0 Å². The van der Waals surface area contributed by atoms with Crippen molar-refractivity contribution in [1.82, 2.24) is 0 Å². The van der Waals surface area contributed by atoms with Crippen LogP contribution < -0.4 is 29.6 Å². The van der Waals surface area contributed by atoms with Crippen LogP contribution in [0.2, 0.25) is 0 Å². The predicted octanol–water partition coefficient (Wildman–Crippen LogP) is -0.103. The van der Waals surface area contributed by atoms with Crippen LogP contribution in [0.15, 0.2) is 0 Å². The average molecular weight is 136 g/mol. The van der Waals surface area contributed by atoms with E-state index < -0.39 is 0 Å². The monoisotopic (exact) mass is 136 g/mol. The van der Waals surface area contributed by atoms with Crippen LogP contribution in [0.3, 0.4) is 0 Å². The second-order valence-corrected chi connectivity index (χ2v) is 3.87. The molecule has 0 fully saturated rings. The topological polar surface area (TPSA) is 0 Å². The van der Waals surface area contributed by atoms with E-state index in [0.717, 1.165) is 0 Å².